The molecule has 31 heavy (non-hydrogen) atoms. The number of hydrogen-bond acceptors (Lipinski definition) is 5. The molecule has 0 bridgehead atoms. The van der Waals surface area contributed by atoms with Crippen LogP contribution in [-0.2, 0) is 11.4 Å². The molecule has 4 rings (SSSR count). The molecule has 0 radical (unpaired) electrons. The fraction of sp³-hybridized carbons (Fsp3) is 0.304. The molecular formula is C23H21BrFNO5. The van der Waals surface area contributed by atoms with Crippen molar-refractivity contribution in [2.24, 2.45) is 5.92 Å². The fourth-order valence-corrected chi connectivity index (χ4v) is 4.08. The largest absolute Gasteiger partial charge is 0.497 e. The molecule has 1 N–H and O–H groups in total. The van der Waals surface area contributed by atoms with Crippen LogP contribution in [0, 0.1) is 11.7 Å². The minimum absolute atomic E-state index is 0.0116. The van der Waals surface area contributed by atoms with Crippen molar-refractivity contribution in [3.8, 4) is 22.8 Å². The topological polar surface area (TPSA) is 81.8 Å². The molecule has 1 saturated carbocycles. The van der Waals surface area contributed by atoms with E-state index in [1.54, 1.807) is 0 Å². The number of nitrogens with zero attached hydrogens (tertiary/aromatic N) is 1. The monoisotopic (exact) mass is 489 g/mol. The number of aromatic nitrogens is 1. The van der Waals surface area contributed by atoms with Gasteiger partial charge < -0.3 is 19.1 Å². The second-order valence-electron chi connectivity index (χ2n) is 7.52. The van der Waals surface area contributed by atoms with Crippen molar-refractivity contribution in [1.29, 1.82) is 0 Å². The zero-order chi connectivity index (χ0) is 22.0. The Morgan fingerprint density at radius 3 is 2.81 bits per heavy atom. The first-order valence-electron chi connectivity index (χ1n) is 9.88. The predicted octanol–water partition coefficient (Wildman–Crippen LogP) is 5.80. The highest BCUT2D eigenvalue weighted by Gasteiger charge is 2.33. The lowest BCUT2D eigenvalue weighted by atomic mass is 9.91. The van der Waals surface area contributed by atoms with Gasteiger partial charge in [0.2, 0.25) is 0 Å². The molecular weight excluding hydrogens is 469 g/mol. The van der Waals surface area contributed by atoms with Crippen molar-refractivity contribution in [2.75, 3.05) is 7.11 Å². The lowest BCUT2D eigenvalue weighted by molar-refractivity contribution is -0.137. The van der Waals surface area contributed by atoms with Gasteiger partial charge in [0.15, 0.2) is 5.76 Å². The molecule has 1 aliphatic rings. The zero-order valence-corrected chi connectivity index (χ0v) is 18.4. The number of methoxy groups -OCH3 is 1. The quantitative estimate of drug-likeness (QED) is 0.409. The normalized spacial score (nSPS) is 14.3. The van der Waals surface area contributed by atoms with Gasteiger partial charge in [-0.2, -0.15) is 0 Å². The van der Waals surface area contributed by atoms with Crippen LogP contribution >= 0.6 is 15.9 Å². The van der Waals surface area contributed by atoms with Gasteiger partial charge in [-0.15, -0.1) is 0 Å². The Balaban J connectivity index is 1.50. The van der Waals surface area contributed by atoms with Crippen LogP contribution < -0.4 is 9.47 Å². The number of aliphatic carboxylic acids is 1. The van der Waals surface area contributed by atoms with Gasteiger partial charge in [0, 0.05) is 0 Å². The van der Waals surface area contributed by atoms with Crippen LogP contribution in [0.5, 0.6) is 11.5 Å². The molecule has 0 amide bonds. The number of rotatable bonds is 9. The molecule has 0 spiro atoms. The summed E-state index contributed by atoms with van der Waals surface area (Å²) >= 11 is 3.43. The van der Waals surface area contributed by atoms with Gasteiger partial charge in [-0.25, -0.2) is 4.39 Å². The molecule has 1 unspecified atom stereocenters. The number of benzene rings is 2. The molecule has 162 valence electrons. The van der Waals surface area contributed by atoms with Crippen molar-refractivity contribution in [2.45, 2.75) is 31.8 Å². The van der Waals surface area contributed by atoms with Gasteiger partial charge in [0.1, 0.15) is 29.6 Å². The van der Waals surface area contributed by atoms with Crippen molar-refractivity contribution in [3.05, 3.63) is 64.0 Å². The van der Waals surface area contributed by atoms with Crippen LogP contribution in [0.25, 0.3) is 11.3 Å². The molecule has 1 aliphatic carbocycles. The van der Waals surface area contributed by atoms with E-state index in [0.717, 1.165) is 18.4 Å². The number of carboxylic acid groups (broad SMARTS) is 1. The number of carboxylic acids is 1. The van der Waals surface area contributed by atoms with Gasteiger partial charge in [-0.3, -0.25) is 4.79 Å². The van der Waals surface area contributed by atoms with E-state index in [1.807, 2.05) is 24.3 Å². The molecule has 6 nitrogen and oxygen atoms in total. The van der Waals surface area contributed by atoms with Crippen molar-refractivity contribution < 1.29 is 28.3 Å². The van der Waals surface area contributed by atoms with Gasteiger partial charge in [-0.05, 0) is 76.5 Å². The summed E-state index contributed by atoms with van der Waals surface area (Å²) in [5.74, 6) is 0.505. The molecule has 1 aromatic heterocycles. The summed E-state index contributed by atoms with van der Waals surface area (Å²) < 4.78 is 31.2. The molecule has 3 aromatic rings. The molecule has 1 heterocycles. The second-order valence-corrected chi connectivity index (χ2v) is 8.31. The van der Waals surface area contributed by atoms with Crippen LogP contribution in [0.4, 0.5) is 4.39 Å². The first kappa shape index (κ1) is 21.4. The summed E-state index contributed by atoms with van der Waals surface area (Å²) in [6.07, 6.45) is 2.22. The van der Waals surface area contributed by atoms with Crippen molar-refractivity contribution >= 4 is 21.9 Å². The zero-order valence-electron chi connectivity index (χ0n) is 16.8. The molecule has 2 aromatic carbocycles. The van der Waals surface area contributed by atoms with Crippen LogP contribution in [0.15, 0.2) is 51.5 Å². The third kappa shape index (κ3) is 4.90. The SMILES string of the molecule is COc1ccc(F)c(-c2onc(COc3cccc(C(CC(=O)O)C4CC4)c3)c2Br)c1. The maximum absolute atomic E-state index is 14.3. The highest BCUT2D eigenvalue weighted by atomic mass is 79.9. The van der Waals surface area contributed by atoms with Gasteiger partial charge >= 0.3 is 5.97 Å². The fourth-order valence-electron chi connectivity index (χ4n) is 3.60. The molecule has 0 aliphatic heterocycles. The Morgan fingerprint density at radius 1 is 1.29 bits per heavy atom. The lowest BCUT2D eigenvalue weighted by Gasteiger charge is -2.15. The van der Waals surface area contributed by atoms with Gasteiger partial charge in [-0.1, -0.05) is 17.3 Å². The van der Waals surface area contributed by atoms with E-state index in [9.17, 15) is 14.3 Å². The smallest absolute Gasteiger partial charge is 0.303 e. The predicted molar refractivity (Wildman–Crippen MR) is 115 cm³/mol. The summed E-state index contributed by atoms with van der Waals surface area (Å²) in [6, 6.07) is 11.9. The summed E-state index contributed by atoms with van der Waals surface area (Å²) in [7, 11) is 1.50. The average Bonchev–Trinajstić information content (AvgIpc) is 3.54. The molecule has 1 fully saturated rings. The Labute approximate surface area is 187 Å². The van der Waals surface area contributed by atoms with Crippen LogP contribution in [0.3, 0.4) is 0 Å². The van der Waals surface area contributed by atoms with E-state index in [-0.39, 0.29) is 30.3 Å². The van der Waals surface area contributed by atoms with E-state index < -0.39 is 11.8 Å². The lowest BCUT2D eigenvalue weighted by Crippen LogP contribution is -2.08. The maximum Gasteiger partial charge on any atom is 0.303 e. The van der Waals surface area contributed by atoms with E-state index in [1.165, 1.54) is 25.3 Å². The Hall–Kier alpha value is -2.87. The number of hydrogen-bond donors (Lipinski definition) is 1. The van der Waals surface area contributed by atoms with E-state index in [0.29, 0.717) is 27.6 Å². The number of carbonyl (C=O) groups is 1. The van der Waals surface area contributed by atoms with Crippen LogP contribution in [0.1, 0.15) is 36.4 Å². The van der Waals surface area contributed by atoms with Crippen molar-refractivity contribution in [1.82, 2.24) is 5.16 Å². The Kier molecular flexibility index (Phi) is 6.27. The number of halogens is 2. The van der Waals surface area contributed by atoms with E-state index >= 15 is 0 Å². The first-order chi connectivity index (χ1) is 15.0. The number of ether oxygens (including phenoxy) is 2. The summed E-state index contributed by atoms with van der Waals surface area (Å²) in [5.41, 5.74) is 1.67. The van der Waals surface area contributed by atoms with E-state index in [2.05, 4.69) is 21.1 Å². The minimum atomic E-state index is -0.799. The average molecular weight is 490 g/mol. The minimum Gasteiger partial charge on any atom is -0.497 e. The highest BCUT2D eigenvalue weighted by Crippen LogP contribution is 2.45. The Morgan fingerprint density at radius 2 is 2.10 bits per heavy atom. The highest BCUT2D eigenvalue weighted by molar-refractivity contribution is 9.10. The van der Waals surface area contributed by atoms with Gasteiger partial charge in [0.05, 0.1) is 23.6 Å². The van der Waals surface area contributed by atoms with Gasteiger partial charge in [0.25, 0.3) is 0 Å². The molecule has 1 atom stereocenters. The van der Waals surface area contributed by atoms with Crippen LogP contribution in [-0.4, -0.2) is 23.3 Å². The first-order valence-corrected chi connectivity index (χ1v) is 10.7. The Bertz CT molecular complexity index is 1100. The van der Waals surface area contributed by atoms with E-state index in [4.69, 9.17) is 14.0 Å². The summed E-state index contributed by atoms with van der Waals surface area (Å²) in [5, 5.41) is 13.2. The maximum atomic E-state index is 14.3. The molecule has 0 saturated heterocycles. The third-order valence-corrected chi connectivity index (χ3v) is 6.18. The summed E-state index contributed by atoms with van der Waals surface area (Å²) in [6.45, 7) is 0.103. The molecule has 8 heteroatoms. The van der Waals surface area contributed by atoms with Crippen molar-refractivity contribution in [3.63, 3.8) is 0 Å². The standard InChI is InChI=1S/C23H21BrFNO5/c1-29-15-7-8-19(25)18(10-15)23-22(24)20(26-31-23)12-30-16-4-2-3-14(9-16)17(11-21(27)28)13-5-6-13/h2-4,7-10,13,17H,5-6,11-12H2,1H3,(H,27,28). The third-order valence-electron chi connectivity index (χ3n) is 5.37. The summed E-state index contributed by atoms with van der Waals surface area (Å²) in [4.78, 5) is 11.2. The van der Waals surface area contributed by atoms with Crippen LogP contribution in [0.2, 0.25) is 0 Å². The second kappa shape index (κ2) is 9.09.